The summed E-state index contributed by atoms with van der Waals surface area (Å²) in [6.45, 7) is 0.0919. The summed E-state index contributed by atoms with van der Waals surface area (Å²) in [5.41, 5.74) is 7.98. The molecule has 84 valence electrons. The zero-order valence-electron chi connectivity index (χ0n) is 8.95. The second-order valence-electron chi connectivity index (χ2n) is 3.63. The molecule has 3 N–H and O–H groups in total. The molecule has 0 bridgehead atoms. The summed E-state index contributed by atoms with van der Waals surface area (Å²) in [4.78, 5) is 0. The first-order chi connectivity index (χ1) is 7.83. The van der Waals surface area contributed by atoms with Crippen molar-refractivity contribution in [1.82, 2.24) is 9.78 Å². The first kappa shape index (κ1) is 10.9. The number of hydrogen-bond acceptors (Lipinski definition) is 3. The van der Waals surface area contributed by atoms with Crippen LogP contribution in [0.5, 0.6) is 0 Å². The van der Waals surface area contributed by atoms with Crippen LogP contribution in [-0.2, 0) is 0 Å². The van der Waals surface area contributed by atoms with E-state index in [0.29, 0.717) is 6.42 Å². The van der Waals surface area contributed by atoms with Crippen molar-refractivity contribution in [2.45, 2.75) is 12.5 Å². The van der Waals surface area contributed by atoms with Gasteiger partial charge in [0.05, 0.1) is 5.69 Å². The Morgan fingerprint density at radius 2 is 2.12 bits per heavy atom. The minimum atomic E-state index is -0.162. The van der Waals surface area contributed by atoms with E-state index in [1.165, 1.54) is 0 Å². The highest BCUT2D eigenvalue weighted by molar-refractivity contribution is 5.42. The van der Waals surface area contributed by atoms with E-state index in [1.54, 1.807) is 10.9 Å². The molecule has 0 saturated heterocycles. The molecule has 1 aromatic heterocycles. The first-order valence-electron chi connectivity index (χ1n) is 5.28. The fraction of sp³-hybridized carbons (Fsp3) is 0.250. The number of hydrogen-bond donors (Lipinski definition) is 2. The molecular formula is C12H15N3O. The summed E-state index contributed by atoms with van der Waals surface area (Å²) in [6, 6.07) is 9.54. The van der Waals surface area contributed by atoms with E-state index in [0.717, 1.165) is 11.3 Å². The first-order valence-corrected chi connectivity index (χ1v) is 5.28. The van der Waals surface area contributed by atoms with Crippen LogP contribution < -0.4 is 5.73 Å². The van der Waals surface area contributed by atoms with Gasteiger partial charge in [-0.1, -0.05) is 18.2 Å². The highest BCUT2D eigenvalue weighted by Crippen LogP contribution is 2.21. The van der Waals surface area contributed by atoms with Crippen LogP contribution in [0.25, 0.3) is 5.69 Å². The fourth-order valence-corrected chi connectivity index (χ4v) is 1.72. The Bertz CT molecular complexity index is 439. The number of aromatic nitrogens is 2. The Morgan fingerprint density at radius 1 is 1.31 bits per heavy atom. The highest BCUT2D eigenvalue weighted by atomic mass is 16.3. The zero-order chi connectivity index (χ0) is 11.4. The smallest absolute Gasteiger partial charge is 0.0693 e. The molecule has 1 atom stereocenters. The van der Waals surface area contributed by atoms with Crippen LogP contribution in [0.15, 0.2) is 42.7 Å². The molecular weight excluding hydrogens is 202 g/mol. The SMILES string of the molecule is NC(CCO)c1ccccc1-n1cccn1. The molecule has 0 aliphatic heterocycles. The Labute approximate surface area is 94.3 Å². The molecule has 0 spiro atoms. The van der Waals surface area contributed by atoms with Crippen molar-refractivity contribution in [2.24, 2.45) is 5.73 Å². The van der Waals surface area contributed by atoms with Gasteiger partial charge in [-0.25, -0.2) is 4.68 Å². The molecule has 0 radical (unpaired) electrons. The lowest BCUT2D eigenvalue weighted by Crippen LogP contribution is -2.15. The van der Waals surface area contributed by atoms with Gasteiger partial charge in [-0.05, 0) is 24.1 Å². The Morgan fingerprint density at radius 3 is 2.81 bits per heavy atom. The molecule has 0 amide bonds. The van der Waals surface area contributed by atoms with Crippen LogP contribution in [0.2, 0.25) is 0 Å². The quantitative estimate of drug-likeness (QED) is 0.810. The number of benzene rings is 1. The number of aliphatic hydroxyl groups is 1. The second-order valence-corrected chi connectivity index (χ2v) is 3.63. The van der Waals surface area contributed by atoms with Gasteiger partial charge in [0.15, 0.2) is 0 Å². The van der Waals surface area contributed by atoms with Crippen molar-refractivity contribution < 1.29 is 5.11 Å². The molecule has 2 rings (SSSR count). The maximum atomic E-state index is 8.92. The second kappa shape index (κ2) is 4.92. The molecule has 1 unspecified atom stereocenters. The van der Waals surface area contributed by atoms with E-state index >= 15 is 0 Å². The van der Waals surface area contributed by atoms with Crippen LogP contribution in [-0.4, -0.2) is 21.5 Å². The topological polar surface area (TPSA) is 64.1 Å². The van der Waals surface area contributed by atoms with Crippen molar-refractivity contribution in [3.05, 3.63) is 48.3 Å². The standard InChI is InChI=1S/C12H15N3O/c13-11(6-9-16)10-4-1-2-5-12(10)15-8-3-7-14-15/h1-5,7-8,11,16H,6,9,13H2. The van der Waals surface area contributed by atoms with Gasteiger partial charge in [0.25, 0.3) is 0 Å². The summed E-state index contributed by atoms with van der Waals surface area (Å²) in [6.07, 6.45) is 4.16. The van der Waals surface area contributed by atoms with Crippen molar-refractivity contribution in [2.75, 3.05) is 6.61 Å². The van der Waals surface area contributed by atoms with Crippen LogP contribution >= 0.6 is 0 Å². The Balaban J connectivity index is 2.38. The summed E-state index contributed by atoms with van der Waals surface area (Å²) in [5.74, 6) is 0. The van der Waals surface area contributed by atoms with Gasteiger partial charge in [-0.15, -0.1) is 0 Å². The summed E-state index contributed by atoms with van der Waals surface area (Å²) in [7, 11) is 0. The van der Waals surface area contributed by atoms with Crippen molar-refractivity contribution in [1.29, 1.82) is 0 Å². The normalized spacial score (nSPS) is 12.6. The lowest BCUT2D eigenvalue weighted by atomic mass is 10.0. The van der Waals surface area contributed by atoms with Crippen LogP contribution in [0.3, 0.4) is 0 Å². The third-order valence-electron chi connectivity index (χ3n) is 2.53. The third kappa shape index (κ3) is 2.13. The van der Waals surface area contributed by atoms with E-state index in [1.807, 2.05) is 36.5 Å². The fourth-order valence-electron chi connectivity index (χ4n) is 1.72. The predicted octanol–water partition coefficient (Wildman–Crippen LogP) is 1.25. The summed E-state index contributed by atoms with van der Waals surface area (Å²) in [5, 5.41) is 13.1. The maximum Gasteiger partial charge on any atom is 0.0693 e. The number of nitrogens with two attached hydrogens (primary N) is 1. The zero-order valence-corrected chi connectivity index (χ0v) is 8.95. The maximum absolute atomic E-state index is 8.92. The van der Waals surface area contributed by atoms with Gasteiger partial charge in [0.1, 0.15) is 0 Å². The Hall–Kier alpha value is -1.65. The molecule has 4 nitrogen and oxygen atoms in total. The average Bonchev–Trinajstić information content (AvgIpc) is 2.83. The van der Waals surface area contributed by atoms with E-state index < -0.39 is 0 Å². The predicted molar refractivity (Wildman–Crippen MR) is 62.2 cm³/mol. The number of rotatable bonds is 4. The largest absolute Gasteiger partial charge is 0.396 e. The molecule has 16 heavy (non-hydrogen) atoms. The Kier molecular flexibility index (Phi) is 3.34. The lowest BCUT2D eigenvalue weighted by Gasteiger charge is -2.15. The van der Waals surface area contributed by atoms with Gasteiger partial charge in [0, 0.05) is 25.0 Å². The molecule has 0 aliphatic carbocycles. The van der Waals surface area contributed by atoms with E-state index in [4.69, 9.17) is 10.8 Å². The summed E-state index contributed by atoms with van der Waals surface area (Å²) >= 11 is 0. The molecule has 1 aromatic carbocycles. The van der Waals surface area contributed by atoms with Crippen molar-refractivity contribution in [3.63, 3.8) is 0 Å². The molecule has 2 aromatic rings. The third-order valence-corrected chi connectivity index (χ3v) is 2.53. The van der Waals surface area contributed by atoms with E-state index in [-0.39, 0.29) is 12.6 Å². The van der Waals surface area contributed by atoms with Gasteiger partial charge in [-0.2, -0.15) is 5.10 Å². The number of aliphatic hydroxyl groups excluding tert-OH is 1. The van der Waals surface area contributed by atoms with Gasteiger partial charge in [0.2, 0.25) is 0 Å². The lowest BCUT2D eigenvalue weighted by molar-refractivity contribution is 0.276. The molecule has 0 fully saturated rings. The van der Waals surface area contributed by atoms with Gasteiger partial charge in [-0.3, -0.25) is 0 Å². The molecule has 0 saturated carbocycles. The average molecular weight is 217 g/mol. The van der Waals surface area contributed by atoms with E-state index in [2.05, 4.69) is 5.10 Å². The highest BCUT2D eigenvalue weighted by Gasteiger charge is 2.11. The minimum absolute atomic E-state index is 0.0919. The van der Waals surface area contributed by atoms with Crippen molar-refractivity contribution >= 4 is 0 Å². The van der Waals surface area contributed by atoms with Gasteiger partial charge >= 0.3 is 0 Å². The summed E-state index contributed by atoms with van der Waals surface area (Å²) < 4.78 is 1.78. The van der Waals surface area contributed by atoms with Crippen molar-refractivity contribution in [3.8, 4) is 5.69 Å². The number of nitrogens with zero attached hydrogens (tertiary/aromatic N) is 2. The van der Waals surface area contributed by atoms with Gasteiger partial charge < -0.3 is 10.8 Å². The van der Waals surface area contributed by atoms with Crippen LogP contribution in [0.1, 0.15) is 18.0 Å². The number of para-hydroxylation sites is 1. The monoisotopic (exact) mass is 217 g/mol. The molecule has 1 heterocycles. The molecule has 0 aliphatic rings. The molecule has 4 heteroatoms. The van der Waals surface area contributed by atoms with E-state index in [9.17, 15) is 0 Å². The van der Waals surface area contributed by atoms with Crippen LogP contribution in [0, 0.1) is 0 Å². The van der Waals surface area contributed by atoms with Crippen LogP contribution in [0.4, 0.5) is 0 Å². The minimum Gasteiger partial charge on any atom is -0.396 e.